The molecule has 0 heterocycles. The molecule has 0 saturated carbocycles. The van der Waals surface area contributed by atoms with Crippen LogP contribution in [0.3, 0.4) is 0 Å². The summed E-state index contributed by atoms with van der Waals surface area (Å²) in [6.07, 6.45) is 0.370. The van der Waals surface area contributed by atoms with E-state index in [9.17, 15) is 4.79 Å². The fourth-order valence-electron chi connectivity index (χ4n) is 1.55. The molecule has 0 atom stereocenters. The van der Waals surface area contributed by atoms with Crippen LogP contribution in [0.4, 0.5) is 5.69 Å². The maximum atomic E-state index is 11.1. The van der Waals surface area contributed by atoms with Crippen molar-refractivity contribution in [2.75, 3.05) is 5.73 Å². The Morgan fingerprint density at radius 1 is 1.31 bits per heavy atom. The van der Waals surface area contributed by atoms with Crippen LogP contribution in [-0.2, 0) is 4.79 Å². The third-order valence-corrected chi connectivity index (χ3v) is 2.41. The standard InChI is InChI=1S/C13H13NO2/c1-2-13(15)16-10-6-7-11-9(8-10)4-3-5-12(11)14/h3-8H,2,14H2,1H3. The lowest BCUT2D eigenvalue weighted by atomic mass is 10.1. The first-order valence-corrected chi connectivity index (χ1v) is 5.19. The van der Waals surface area contributed by atoms with Crippen molar-refractivity contribution in [2.45, 2.75) is 13.3 Å². The van der Waals surface area contributed by atoms with Gasteiger partial charge in [-0.1, -0.05) is 19.1 Å². The summed E-state index contributed by atoms with van der Waals surface area (Å²) in [5, 5.41) is 1.94. The highest BCUT2D eigenvalue weighted by Crippen LogP contribution is 2.25. The van der Waals surface area contributed by atoms with Crippen LogP contribution in [0.15, 0.2) is 36.4 Å². The molecule has 0 amide bonds. The molecule has 82 valence electrons. The Morgan fingerprint density at radius 2 is 2.12 bits per heavy atom. The van der Waals surface area contributed by atoms with Gasteiger partial charge in [0.15, 0.2) is 0 Å². The molecule has 16 heavy (non-hydrogen) atoms. The molecule has 0 aliphatic heterocycles. The number of hydrogen-bond acceptors (Lipinski definition) is 3. The van der Waals surface area contributed by atoms with E-state index < -0.39 is 0 Å². The van der Waals surface area contributed by atoms with Gasteiger partial charge in [-0.25, -0.2) is 0 Å². The third-order valence-electron chi connectivity index (χ3n) is 2.41. The molecule has 2 rings (SSSR count). The first-order chi connectivity index (χ1) is 7.70. The average Bonchev–Trinajstić information content (AvgIpc) is 2.29. The summed E-state index contributed by atoms with van der Waals surface area (Å²) in [6.45, 7) is 1.77. The van der Waals surface area contributed by atoms with Gasteiger partial charge in [-0.3, -0.25) is 4.79 Å². The normalized spacial score (nSPS) is 10.3. The summed E-state index contributed by atoms with van der Waals surface area (Å²) < 4.78 is 5.13. The van der Waals surface area contributed by atoms with Gasteiger partial charge in [0.1, 0.15) is 5.75 Å². The second-order valence-corrected chi connectivity index (χ2v) is 3.56. The number of anilines is 1. The summed E-state index contributed by atoms with van der Waals surface area (Å²) >= 11 is 0. The van der Waals surface area contributed by atoms with Gasteiger partial charge in [-0.15, -0.1) is 0 Å². The van der Waals surface area contributed by atoms with E-state index in [2.05, 4.69) is 0 Å². The van der Waals surface area contributed by atoms with E-state index in [4.69, 9.17) is 10.5 Å². The lowest BCUT2D eigenvalue weighted by molar-refractivity contribution is -0.134. The summed E-state index contributed by atoms with van der Waals surface area (Å²) in [5.74, 6) is 0.327. The van der Waals surface area contributed by atoms with Crippen LogP contribution >= 0.6 is 0 Å². The van der Waals surface area contributed by atoms with E-state index in [1.54, 1.807) is 13.0 Å². The molecule has 0 saturated heterocycles. The van der Waals surface area contributed by atoms with Crippen molar-refractivity contribution in [3.63, 3.8) is 0 Å². The Balaban J connectivity index is 2.41. The largest absolute Gasteiger partial charge is 0.427 e. The quantitative estimate of drug-likeness (QED) is 0.476. The van der Waals surface area contributed by atoms with Gasteiger partial charge in [0.05, 0.1) is 0 Å². The molecule has 0 bridgehead atoms. The first kappa shape index (κ1) is 10.5. The number of benzene rings is 2. The molecular weight excluding hydrogens is 202 g/mol. The maximum absolute atomic E-state index is 11.1. The number of nitrogen functional groups attached to an aromatic ring is 1. The highest BCUT2D eigenvalue weighted by Gasteiger charge is 2.03. The van der Waals surface area contributed by atoms with Crippen LogP contribution < -0.4 is 10.5 Å². The Labute approximate surface area is 93.8 Å². The fraction of sp³-hybridized carbons (Fsp3) is 0.154. The molecule has 0 aliphatic carbocycles. The van der Waals surface area contributed by atoms with Gasteiger partial charge in [-0.2, -0.15) is 0 Å². The highest BCUT2D eigenvalue weighted by molar-refractivity contribution is 5.93. The number of nitrogens with two attached hydrogens (primary N) is 1. The van der Waals surface area contributed by atoms with Crippen molar-refractivity contribution in [1.82, 2.24) is 0 Å². The molecule has 0 aliphatic rings. The number of carbonyl (C=O) groups is 1. The lowest BCUT2D eigenvalue weighted by Crippen LogP contribution is -2.05. The monoisotopic (exact) mass is 215 g/mol. The van der Waals surface area contributed by atoms with Gasteiger partial charge in [0.25, 0.3) is 0 Å². The van der Waals surface area contributed by atoms with Gasteiger partial charge in [-0.05, 0) is 29.7 Å². The van der Waals surface area contributed by atoms with E-state index in [-0.39, 0.29) is 5.97 Å². The predicted octanol–water partition coefficient (Wildman–Crippen LogP) is 2.74. The molecule has 0 aromatic heterocycles. The topological polar surface area (TPSA) is 52.3 Å². The highest BCUT2D eigenvalue weighted by atomic mass is 16.5. The van der Waals surface area contributed by atoms with Crippen LogP contribution in [0, 0.1) is 0 Å². The number of ether oxygens (including phenoxy) is 1. The molecule has 3 nitrogen and oxygen atoms in total. The molecule has 0 radical (unpaired) electrons. The van der Waals surface area contributed by atoms with Crippen LogP contribution in [0.5, 0.6) is 5.75 Å². The second-order valence-electron chi connectivity index (χ2n) is 3.56. The molecular formula is C13H13NO2. The summed E-state index contributed by atoms with van der Waals surface area (Å²) in [7, 11) is 0. The zero-order chi connectivity index (χ0) is 11.5. The van der Waals surface area contributed by atoms with Gasteiger partial charge >= 0.3 is 5.97 Å². The number of fused-ring (bicyclic) bond motifs is 1. The van der Waals surface area contributed by atoms with Crippen molar-refractivity contribution in [3.05, 3.63) is 36.4 Å². The Bertz CT molecular complexity index is 534. The van der Waals surface area contributed by atoms with Crippen LogP contribution in [0.1, 0.15) is 13.3 Å². The molecule has 2 aromatic rings. The molecule has 0 spiro atoms. The minimum atomic E-state index is -0.233. The van der Waals surface area contributed by atoms with Crippen molar-refractivity contribution >= 4 is 22.4 Å². The maximum Gasteiger partial charge on any atom is 0.310 e. The predicted molar refractivity (Wildman–Crippen MR) is 64.3 cm³/mol. The average molecular weight is 215 g/mol. The van der Waals surface area contributed by atoms with Crippen LogP contribution in [-0.4, -0.2) is 5.97 Å². The first-order valence-electron chi connectivity index (χ1n) is 5.19. The fourth-order valence-corrected chi connectivity index (χ4v) is 1.55. The molecule has 3 heteroatoms. The summed E-state index contributed by atoms with van der Waals surface area (Å²) in [4.78, 5) is 11.1. The SMILES string of the molecule is CCC(=O)Oc1ccc2c(N)cccc2c1. The Hall–Kier alpha value is -2.03. The van der Waals surface area contributed by atoms with E-state index in [1.807, 2.05) is 30.3 Å². The molecule has 0 unspecified atom stereocenters. The summed E-state index contributed by atoms with van der Waals surface area (Å²) in [5.41, 5.74) is 6.55. The van der Waals surface area contributed by atoms with Gasteiger partial charge in [0.2, 0.25) is 0 Å². The lowest BCUT2D eigenvalue weighted by Gasteiger charge is -2.05. The summed E-state index contributed by atoms with van der Waals surface area (Å²) in [6, 6.07) is 11.1. The van der Waals surface area contributed by atoms with E-state index in [0.717, 1.165) is 16.5 Å². The minimum absolute atomic E-state index is 0.233. The zero-order valence-electron chi connectivity index (χ0n) is 9.07. The third kappa shape index (κ3) is 1.98. The number of esters is 1. The van der Waals surface area contributed by atoms with Crippen molar-refractivity contribution in [2.24, 2.45) is 0 Å². The van der Waals surface area contributed by atoms with Crippen molar-refractivity contribution in [3.8, 4) is 5.75 Å². The van der Waals surface area contributed by atoms with E-state index in [1.165, 1.54) is 0 Å². The van der Waals surface area contributed by atoms with Gasteiger partial charge in [0, 0.05) is 17.5 Å². The smallest absolute Gasteiger partial charge is 0.310 e. The van der Waals surface area contributed by atoms with E-state index >= 15 is 0 Å². The molecule has 2 N–H and O–H groups in total. The molecule has 0 fully saturated rings. The van der Waals surface area contributed by atoms with Gasteiger partial charge < -0.3 is 10.5 Å². The van der Waals surface area contributed by atoms with Crippen LogP contribution in [0.25, 0.3) is 10.8 Å². The number of hydrogen-bond donors (Lipinski definition) is 1. The molecule has 2 aromatic carbocycles. The number of rotatable bonds is 2. The Kier molecular flexibility index (Phi) is 2.77. The second kappa shape index (κ2) is 4.23. The van der Waals surface area contributed by atoms with Crippen molar-refractivity contribution < 1.29 is 9.53 Å². The Morgan fingerprint density at radius 3 is 2.88 bits per heavy atom. The minimum Gasteiger partial charge on any atom is -0.427 e. The zero-order valence-corrected chi connectivity index (χ0v) is 9.07. The number of carbonyl (C=O) groups excluding carboxylic acids is 1. The van der Waals surface area contributed by atoms with E-state index in [0.29, 0.717) is 12.2 Å². The van der Waals surface area contributed by atoms with Crippen molar-refractivity contribution in [1.29, 1.82) is 0 Å². The van der Waals surface area contributed by atoms with Crippen LogP contribution in [0.2, 0.25) is 0 Å².